The van der Waals surface area contributed by atoms with Gasteiger partial charge in [0.05, 0.1) is 5.69 Å². The van der Waals surface area contributed by atoms with E-state index >= 15 is 0 Å². The van der Waals surface area contributed by atoms with Crippen LogP contribution in [-0.2, 0) is 4.79 Å². The second kappa shape index (κ2) is 6.66. The van der Waals surface area contributed by atoms with Crippen molar-refractivity contribution in [3.63, 3.8) is 0 Å². The van der Waals surface area contributed by atoms with Gasteiger partial charge in [-0.15, -0.1) is 0 Å². The highest BCUT2D eigenvalue weighted by molar-refractivity contribution is 7.80. The summed E-state index contributed by atoms with van der Waals surface area (Å²) in [5, 5.41) is 3.66. The fourth-order valence-electron chi connectivity index (χ4n) is 2.32. The van der Waals surface area contributed by atoms with Crippen LogP contribution < -0.4 is 10.2 Å². The number of nitrogens with one attached hydrogen (secondary N) is 1. The molecule has 0 saturated carbocycles. The second-order valence-corrected chi connectivity index (χ2v) is 5.25. The smallest absolute Gasteiger partial charge is 0.255 e. The minimum atomic E-state index is -0.149. The number of nitrogens with zero attached hydrogens (tertiary/aromatic N) is 1. The van der Waals surface area contributed by atoms with Crippen LogP contribution in [0.5, 0.6) is 0 Å². The zero-order valence-corrected chi connectivity index (χ0v) is 12.1. The summed E-state index contributed by atoms with van der Waals surface area (Å²) < 4.78 is 0. The van der Waals surface area contributed by atoms with E-state index < -0.39 is 0 Å². The standard InChI is InChI=1S/C15H20N2OS/c1-2-3-4-8-11-13-14(18)17(15(19)16-13)12-9-6-5-7-10-12/h5-7,9-10,13H,2-4,8,11H2,1H3,(H,16,19)/t13-/m1/s1. The van der Waals surface area contributed by atoms with E-state index in [1.807, 2.05) is 30.3 Å². The molecule has 0 unspecified atom stereocenters. The van der Waals surface area contributed by atoms with Crippen LogP contribution in [0.15, 0.2) is 30.3 Å². The van der Waals surface area contributed by atoms with Crippen LogP contribution in [0.3, 0.4) is 0 Å². The second-order valence-electron chi connectivity index (χ2n) is 4.86. The first kappa shape index (κ1) is 14.0. The van der Waals surface area contributed by atoms with E-state index in [-0.39, 0.29) is 11.9 Å². The number of benzene rings is 1. The molecule has 1 atom stereocenters. The van der Waals surface area contributed by atoms with Crippen molar-refractivity contribution in [1.29, 1.82) is 0 Å². The van der Waals surface area contributed by atoms with Gasteiger partial charge in [-0.25, -0.2) is 0 Å². The Hall–Kier alpha value is -1.42. The summed E-state index contributed by atoms with van der Waals surface area (Å²) in [5.74, 6) is 0.0766. The number of thiocarbonyl (C=S) groups is 1. The predicted molar refractivity (Wildman–Crippen MR) is 82.2 cm³/mol. The molecule has 0 aromatic heterocycles. The van der Waals surface area contributed by atoms with Crippen molar-refractivity contribution >= 4 is 28.9 Å². The number of unbranched alkanes of at least 4 members (excludes halogenated alkanes) is 3. The van der Waals surface area contributed by atoms with E-state index in [0.717, 1.165) is 18.5 Å². The van der Waals surface area contributed by atoms with Gasteiger partial charge in [0.2, 0.25) is 0 Å². The molecule has 1 saturated heterocycles. The van der Waals surface area contributed by atoms with Gasteiger partial charge in [0.25, 0.3) is 5.91 Å². The minimum Gasteiger partial charge on any atom is -0.350 e. The number of rotatable bonds is 6. The van der Waals surface area contributed by atoms with Crippen LogP contribution >= 0.6 is 12.2 Å². The van der Waals surface area contributed by atoms with Gasteiger partial charge in [0, 0.05) is 0 Å². The van der Waals surface area contributed by atoms with Crippen LogP contribution in [-0.4, -0.2) is 17.1 Å². The number of hydrogen-bond donors (Lipinski definition) is 1. The lowest BCUT2D eigenvalue weighted by Gasteiger charge is -2.14. The maximum Gasteiger partial charge on any atom is 0.255 e. The van der Waals surface area contributed by atoms with Crippen molar-refractivity contribution in [2.75, 3.05) is 4.90 Å². The zero-order valence-electron chi connectivity index (χ0n) is 11.3. The zero-order chi connectivity index (χ0) is 13.7. The van der Waals surface area contributed by atoms with Crippen molar-refractivity contribution in [2.45, 2.75) is 45.1 Å². The maximum atomic E-state index is 12.4. The Labute approximate surface area is 120 Å². The summed E-state index contributed by atoms with van der Waals surface area (Å²) in [6.45, 7) is 2.19. The molecule has 3 nitrogen and oxygen atoms in total. The molecule has 2 rings (SSSR count). The van der Waals surface area contributed by atoms with Gasteiger partial charge in [0.15, 0.2) is 5.11 Å². The number of amides is 1. The van der Waals surface area contributed by atoms with Crippen LogP contribution in [0.25, 0.3) is 0 Å². The first-order valence-corrected chi connectivity index (χ1v) is 7.34. The van der Waals surface area contributed by atoms with Gasteiger partial charge >= 0.3 is 0 Å². The quantitative estimate of drug-likeness (QED) is 0.639. The molecule has 0 bridgehead atoms. The van der Waals surface area contributed by atoms with Crippen LogP contribution in [0.2, 0.25) is 0 Å². The van der Waals surface area contributed by atoms with E-state index in [2.05, 4.69) is 12.2 Å². The molecule has 1 aromatic rings. The predicted octanol–water partition coefficient (Wildman–Crippen LogP) is 3.25. The molecule has 1 N–H and O–H groups in total. The molecule has 102 valence electrons. The Morgan fingerprint density at radius 1 is 1.21 bits per heavy atom. The molecule has 1 aliphatic rings. The lowest BCUT2D eigenvalue weighted by molar-refractivity contribution is -0.118. The summed E-state index contributed by atoms with van der Waals surface area (Å²) in [6.07, 6.45) is 5.55. The Bertz CT molecular complexity index is 447. The minimum absolute atomic E-state index is 0.0766. The van der Waals surface area contributed by atoms with E-state index in [4.69, 9.17) is 12.2 Å². The number of anilines is 1. The first-order chi connectivity index (χ1) is 9.24. The molecule has 0 aliphatic carbocycles. The van der Waals surface area contributed by atoms with Crippen LogP contribution in [0.1, 0.15) is 39.0 Å². The molecule has 0 spiro atoms. The summed E-state index contributed by atoms with van der Waals surface area (Å²) in [5.41, 5.74) is 0.848. The average molecular weight is 276 g/mol. The van der Waals surface area contributed by atoms with E-state index in [1.54, 1.807) is 4.90 Å². The summed E-state index contributed by atoms with van der Waals surface area (Å²) in [4.78, 5) is 14.0. The number of carbonyl (C=O) groups excluding carboxylic acids is 1. The topological polar surface area (TPSA) is 32.3 Å². The molecule has 0 radical (unpaired) electrons. The highest BCUT2D eigenvalue weighted by Crippen LogP contribution is 2.21. The monoisotopic (exact) mass is 276 g/mol. The van der Waals surface area contributed by atoms with Crippen molar-refractivity contribution in [1.82, 2.24) is 5.32 Å². The normalized spacial score (nSPS) is 18.8. The van der Waals surface area contributed by atoms with Gasteiger partial charge in [-0.3, -0.25) is 9.69 Å². The molecule has 1 aliphatic heterocycles. The van der Waals surface area contributed by atoms with Gasteiger partial charge in [-0.1, -0.05) is 50.8 Å². The molecule has 1 heterocycles. The molecule has 19 heavy (non-hydrogen) atoms. The SMILES string of the molecule is CCCCCC[C@H]1NC(=S)N(c2ccccc2)C1=O. The molecule has 1 aromatic carbocycles. The van der Waals surface area contributed by atoms with Crippen molar-refractivity contribution in [3.8, 4) is 0 Å². The highest BCUT2D eigenvalue weighted by atomic mass is 32.1. The van der Waals surface area contributed by atoms with Gasteiger partial charge < -0.3 is 5.32 Å². The number of hydrogen-bond acceptors (Lipinski definition) is 2. The lowest BCUT2D eigenvalue weighted by atomic mass is 10.1. The summed E-state index contributed by atoms with van der Waals surface area (Å²) in [6, 6.07) is 9.43. The van der Waals surface area contributed by atoms with Crippen LogP contribution in [0, 0.1) is 0 Å². The van der Waals surface area contributed by atoms with Crippen LogP contribution in [0.4, 0.5) is 5.69 Å². The highest BCUT2D eigenvalue weighted by Gasteiger charge is 2.35. The third-order valence-electron chi connectivity index (χ3n) is 3.38. The third kappa shape index (κ3) is 3.32. The molecular formula is C15H20N2OS. The molecule has 1 fully saturated rings. The first-order valence-electron chi connectivity index (χ1n) is 6.93. The average Bonchev–Trinajstić information content (AvgIpc) is 2.71. The Kier molecular flexibility index (Phi) is 4.91. The third-order valence-corrected chi connectivity index (χ3v) is 3.68. The lowest BCUT2D eigenvalue weighted by Crippen LogP contribution is -2.31. The van der Waals surface area contributed by atoms with Gasteiger partial charge in [-0.05, 0) is 30.8 Å². The molecule has 4 heteroatoms. The molecular weight excluding hydrogens is 256 g/mol. The van der Waals surface area contributed by atoms with Gasteiger partial charge in [-0.2, -0.15) is 0 Å². The van der Waals surface area contributed by atoms with E-state index in [1.165, 1.54) is 19.3 Å². The van der Waals surface area contributed by atoms with E-state index in [0.29, 0.717) is 5.11 Å². The fourth-order valence-corrected chi connectivity index (χ4v) is 2.66. The number of carbonyl (C=O) groups is 1. The van der Waals surface area contributed by atoms with Gasteiger partial charge in [0.1, 0.15) is 6.04 Å². The van der Waals surface area contributed by atoms with E-state index in [9.17, 15) is 4.79 Å². The maximum absolute atomic E-state index is 12.4. The Balaban J connectivity index is 1.97. The summed E-state index contributed by atoms with van der Waals surface area (Å²) >= 11 is 5.27. The summed E-state index contributed by atoms with van der Waals surface area (Å²) in [7, 11) is 0. The van der Waals surface area contributed by atoms with Crippen molar-refractivity contribution < 1.29 is 4.79 Å². The molecule has 1 amide bonds. The fraction of sp³-hybridized carbons (Fsp3) is 0.467. The largest absolute Gasteiger partial charge is 0.350 e. The van der Waals surface area contributed by atoms with Crippen molar-refractivity contribution in [3.05, 3.63) is 30.3 Å². The Morgan fingerprint density at radius 3 is 2.63 bits per heavy atom. The Morgan fingerprint density at radius 2 is 1.95 bits per heavy atom. The number of para-hydroxylation sites is 1. The van der Waals surface area contributed by atoms with Crippen molar-refractivity contribution in [2.24, 2.45) is 0 Å².